The van der Waals surface area contributed by atoms with Crippen molar-refractivity contribution in [1.29, 1.82) is 0 Å². The first-order valence-corrected chi connectivity index (χ1v) is 8.22. The van der Waals surface area contributed by atoms with Crippen molar-refractivity contribution in [1.82, 2.24) is 15.0 Å². The quantitative estimate of drug-likeness (QED) is 0.754. The van der Waals surface area contributed by atoms with Gasteiger partial charge in [0.05, 0.1) is 11.3 Å². The molecule has 0 aliphatic heterocycles. The van der Waals surface area contributed by atoms with E-state index in [9.17, 15) is 8.42 Å². The standard InChI is InChI=1S/C14H19N3O2S/c1-15-8-4-10-17-20(18,19)11-13-6-2-5-12-7-3-9-16-14(12)13/h2-3,5-7,9,15,17H,4,8,10-11H2,1H3. The molecule has 0 saturated carbocycles. The molecule has 2 rings (SSSR count). The maximum Gasteiger partial charge on any atom is 0.215 e. The van der Waals surface area contributed by atoms with Crippen molar-refractivity contribution in [2.75, 3.05) is 20.1 Å². The summed E-state index contributed by atoms with van der Waals surface area (Å²) >= 11 is 0. The summed E-state index contributed by atoms with van der Waals surface area (Å²) in [5, 5.41) is 3.94. The van der Waals surface area contributed by atoms with Gasteiger partial charge in [0.1, 0.15) is 0 Å². The lowest BCUT2D eigenvalue weighted by Gasteiger charge is -2.08. The summed E-state index contributed by atoms with van der Waals surface area (Å²) in [6, 6.07) is 9.37. The van der Waals surface area contributed by atoms with E-state index >= 15 is 0 Å². The molecule has 0 fully saturated rings. The van der Waals surface area contributed by atoms with Crippen molar-refractivity contribution in [3.63, 3.8) is 0 Å². The van der Waals surface area contributed by atoms with E-state index in [-0.39, 0.29) is 5.75 Å². The number of sulfonamides is 1. The Hall–Kier alpha value is -1.50. The molecule has 5 nitrogen and oxygen atoms in total. The molecule has 2 aromatic rings. The first-order chi connectivity index (χ1) is 9.62. The molecular formula is C14H19N3O2S. The van der Waals surface area contributed by atoms with Gasteiger partial charge in [-0.25, -0.2) is 13.1 Å². The van der Waals surface area contributed by atoms with Crippen LogP contribution in [0.2, 0.25) is 0 Å². The minimum absolute atomic E-state index is 0.0408. The van der Waals surface area contributed by atoms with E-state index in [1.807, 2.05) is 37.4 Å². The number of rotatable bonds is 7. The highest BCUT2D eigenvalue weighted by Gasteiger charge is 2.13. The van der Waals surface area contributed by atoms with Crippen LogP contribution in [0.25, 0.3) is 10.9 Å². The second-order valence-electron chi connectivity index (χ2n) is 4.60. The molecule has 108 valence electrons. The smallest absolute Gasteiger partial charge is 0.215 e. The number of aromatic nitrogens is 1. The van der Waals surface area contributed by atoms with Crippen LogP contribution < -0.4 is 10.0 Å². The summed E-state index contributed by atoms with van der Waals surface area (Å²) in [7, 11) is -1.48. The van der Waals surface area contributed by atoms with Crippen LogP contribution in [0, 0.1) is 0 Å². The molecule has 6 heteroatoms. The van der Waals surface area contributed by atoms with Gasteiger partial charge in [0.25, 0.3) is 0 Å². The Bertz CT molecular complexity index is 666. The number of nitrogens with one attached hydrogen (secondary N) is 2. The fourth-order valence-corrected chi connectivity index (χ4v) is 3.23. The summed E-state index contributed by atoms with van der Waals surface area (Å²) in [5.74, 6) is -0.0408. The summed E-state index contributed by atoms with van der Waals surface area (Å²) in [6.45, 7) is 1.24. The largest absolute Gasteiger partial charge is 0.320 e. The number of benzene rings is 1. The van der Waals surface area contributed by atoms with Gasteiger partial charge in [0.2, 0.25) is 10.0 Å². The van der Waals surface area contributed by atoms with Crippen LogP contribution >= 0.6 is 0 Å². The highest BCUT2D eigenvalue weighted by atomic mass is 32.2. The van der Waals surface area contributed by atoms with E-state index in [4.69, 9.17) is 0 Å². The number of nitrogens with zero attached hydrogens (tertiary/aromatic N) is 1. The van der Waals surface area contributed by atoms with E-state index in [2.05, 4.69) is 15.0 Å². The average molecular weight is 293 g/mol. The van der Waals surface area contributed by atoms with Gasteiger partial charge in [-0.2, -0.15) is 0 Å². The fourth-order valence-electron chi connectivity index (χ4n) is 2.03. The van der Waals surface area contributed by atoms with E-state index in [0.717, 1.165) is 29.4 Å². The SMILES string of the molecule is CNCCCNS(=O)(=O)Cc1cccc2cccnc12. The van der Waals surface area contributed by atoms with E-state index < -0.39 is 10.0 Å². The molecule has 0 radical (unpaired) electrons. The van der Waals surface area contributed by atoms with Crippen LogP contribution in [0.1, 0.15) is 12.0 Å². The van der Waals surface area contributed by atoms with Crippen LogP contribution in [-0.2, 0) is 15.8 Å². The van der Waals surface area contributed by atoms with Gasteiger partial charge < -0.3 is 5.32 Å². The van der Waals surface area contributed by atoms with Crippen molar-refractivity contribution in [2.45, 2.75) is 12.2 Å². The van der Waals surface area contributed by atoms with Crippen molar-refractivity contribution in [3.8, 4) is 0 Å². The Labute approximate surface area is 119 Å². The van der Waals surface area contributed by atoms with Crippen molar-refractivity contribution >= 4 is 20.9 Å². The molecule has 0 aliphatic rings. The molecule has 2 N–H and O–H groups in total. The van der Waals surface area contributed by atoms with Crippen LogP contribution in [0.15, 0.2) is 36.5 Å². The first kappa shape index (κ1) is 14.9. The van der Waals surface area contributed by atoms with Gasteiger partial charge in [0.15, 0.2) is 0 Å². The molecule has 0 bridgehead atoms. The van der Waals surface area contributed by atoms with Crippen LogP contribution in [0.3, 0.4) is 0 Å². The molecule has 0 saturated heterocycles. The topological polar surface area (TPSA) is 71.1 Å². The Morgan fingerprint density at radius 2 is 1.95 bits per heavy atom. The second-order valence-corrected chi connectivity index (χ2v) is 6.41. The lowest BCUT2D eigenvalue weighted by molar-refractivity contribution is 0.576. The van der Waals surface area contributed by atoms with Gasteiger partial charge in [-0.3, -0.25) is 4.98 Å². The molecule has 20 heavy (non-hydrogen) atoms. The van der Waals surface area contributed by atoms with E-state index in [0.29, 0.717) is 6.54 Å². The predicted molar refractivity (Wildman–Crippen MR) is 80.9 cm³/mol. The zero-order valence-electron chi connectivity index (χ0n) is 11.5. The third kappa shape index (κ3) is 4.00. The summed E-state index contributed by atoms with van der Waals surface area (Å²) in [5.41, 5.74) is 1.47. The summed E-state index contributed by atoms with van der Waals surface area (Å²) in [4.78, 5) is 4.27. The van der Waals surface area contributed by atoms with Crippen LogP contribution in [0.5, 0.6) is 0 Å². The van der Waals surface area contributed by atoms with Gasteiger partial charge in [-0.15, -0.1) is 0 Å². The normalized spacial score (nSPS) is 11.8. The Morgan fingerprint density at radius 1 is 1.15 bits per heavy atom. The van der Waals surface area contributed by atoms with Crippen molar-refractivity contribution in [3.05, 3.63) is 42.1 Å². The molecule has 0 unspecified atom stereocenters. The van der Waals surface area contributed by atoms with E-state index in [1.165, 1.54) is 0 Å². The van der Waals surface area contributed by atoms with Gasteiger partial charge in [0, 0.05) is 18.1 Å². The highest BCUT2D eigenvalue weighted by molar-refractivity contribution is 7.88. The maximum atomic E-state index is 12.0. The highest BCUT2D eigenvalue weighted by Crippen LogP contribution is 2.17. The number of pyridine rings is 1. The number of fused-ring (bicyclic) bond motifs is 1. The van der Waals surface area contributed by atoms with E-state index in [1.54, 1.807) is 6.20 Å². The van der Waals surface area contributed by atoms with Gasteiger partial charge in [-0.1, -0.05) is 24.3 Å². The number of hydrogen-bond donors (Lipinski definition) is 2. The molecular weight excluding hydrogens is 274 g/mol. The molecule has 0 atom stereocenters. The molecule has 1 aromatic carbocycles. The third-order valence-electron chi connectivity index (χ3n) is 2.99. The molecule has 1 heterocycles. The lowest BCUT2D eigenvalue weighted by atomic mass is 10.1. The molecule has 0 amide bonds. The van der Waals surface area contributed by atoms with Crippen LogP contribution in [0.4, 0.5) is 0 Å². The zero-order chi connectivity index (χ0) is 14.4. The number of para-hydroxylation sites is 1. The van der Waals surface area contributed by atoms with Gasteiger partial charge >= 0.3 is 0 Å². The molecule has 0 spiro atoms. The zero-order valence-corrected chi connectivity index (χ0v) is 12.3. The molecule has 1 aromatic heterocycles. The average Bonchev–Trinajstić information content (AvgIpc) is 2.44. The first-order valence-electron chi connectivity index (χ1n) is 6.57. The predicted octanol–water partition coefficient (Wildman–Crippen LogP) is 1.26. The Kier molecular flexibility index (Phi) is 5.05. The lowest BCUT2D eigenvalue weighted by Crippen LogP contribution is -2.28. The third-order valence-corrected chi connectivity index (χ3v) is 4.32. The van der Waals surface area contributed by atoms with Crippen molar-refractivity contribution < 1.29 is 8.42 Å². The van der Waals surface area contributed by atoms with Crippen molar-refractivity contribution in [2.24, 2.45) is 0 Å². The summed E-state index contributed by atoms with van der Waals surface area (Å²) in [6.07, 6.45) is 2.45. The minimum atomic E-state index is -3.32. The van der Waals surface area contributed by atoms with Gasteiger partial charge in [-0.05, 0) is 31.6 Å². The Balaban J connectivity index is 2.11. The monoisotopic (exact) mass is 293 g/mol. The fraction of sp³-hybridized carbons (Fsp3) is 0.357. The minimum Gasteiger partial charge on any atom is -0.320 e. The summed E-state index contributed by atoms with van der Waals surface area (Å²) < 4.78 is 26.7. The molecule has 0 aliphatic carbocycles. The van der Waals surface area contributed by atoms with Crippen LogP contribution in [-0.4, -0.2) is 33.5 Å². The Morgan fingerprint density at radius 3 is 2.75 bits per heavy atom. The second kappa shape index (κ2) is 6.78. The number of hydrogen-bond acceptors (Lipinski definition) is 4. The maximum absolute atomic E-state index is 12.0.